The molecule has 5 nitrogen and oxygen atoms in total. The number of para-hydroxylation sites is 3. The van der Waals surface area contributed by atoms with Gasteiger partial charge in [0.15, 0.2) is 8.07 Å². The number of imidazole rings is 1. The van der Waals surface area contributed by atoms with Crippen LogP contribution in [0.3, 0.4) is 0 Å². The van der Waals surface area contributed by atoms with Gasteiger partial charge in [-0.1, -0.05) is 244 Å². The molecule has 0 unspecified atom stereocenters. The van der Waals surface area contributed by atoms with Gasteiger partial charge in [0.1, 0.15) is 5.82 Å². The van der Waals surface area contributed by atoms with E-state index in [2.05, 4.69) is 39.2 Å². The molecule has 0 radical (unpaired) electrons. The molecule has 11 aromatic carbocycles. The average molecular weight is 1290 g/mol. The molecule has 0 atom stereocenters. The zero-order valence-electron chi connectivity index (χ0n) is 72.9. The maximum Gasteiger partial charge on any atom is 0.268 e. The molecule has 0 saturated heterocycles. The van der Waals surface area contributed by atoms with Crippen molar-refractivity contribution in [3.8, 4) is 62.1 Å². The first-order chi connectivity index (χ1) is 52.3. The summed E-state index contributed by atoms with van der Waals surface area (Å²) in [5.41, 5.74) is -1.47. The predicted molar refractivity (Wildman–Crippen MR) is 339 cm³/mol. The van der Waals surface area contributed by atoms with Gasteiger partial charge in [0, 0.05) is 44.3 Å². The van der Waals surface area contributed by atoms with Crippen LogP contribution in [-0.4, -0.2) is 22.2 Å². The maximum absolute atomic E-state index is 10.8. The van der Waals surface area contributed by atoms with Gasteiger partial charge in [0.05, 0.1) is 56.5 Å². The zero-order valence-corrected chi connectivity index (χ0v) is 47.2. The predicted octanol–water partition coefficient (Wildman–Crippen LogP) is 15.3. The number of nitrogens with zero attached hydrogens (tertiary/aromatic N) is 4. The molecule has 402 valence electrons. The van der Waals surface area contributed by atoms with E-state index in [0.717, 1.165) is 34.0 Å². The number of ether oxygens (including phenoxy) is 1. The quantitative estimate of drug-likeness (QED) is 0.0529. The van der Waals surface area contributed by atoms with Crippen molar-refractivity contribution in [1.29, 1.82) is 0 Å². The number of benzene rings is 11. The van der Waals surface area contributed by atoms with Gasteiger partial charge < -0.3 is 13.9 Å². The Balaban J connectivity index is 0.0000110. The number of hydrogen-bond donors (Lipinski definition) is 0. The molecule has 0 saturated carbocycles. The number of rotatable bonds is 12. The van der Waals surface area contributed by atoms with Crippen LogP contribution in [0.2, 0.25) is 0 Å². The Hall–Kier alpha value is -9.45. The first-order valence-corrected chi connectivity index (χ1v) is 27.6. The third kappa shape index (κ3) is 9.64. The van der Waals surface area contributed by atoms with E-state index in [1.165, 1.54) is 9.13 Å². The molecule has 0 aliphatic rings. The van der Waals surface area contributed by atoms with Crippen molar-refractivity contribution in [3.05, 3.63) is 309 Å². The van der Waals surface area contributed by atoms with Crippen molar-refractivity contribution < 1.29 is 70.1 Å². The van der Waals surface area contributed by atoms with Crippen LogP contribution in [0.15, 0.2) is 285 Å². The first-order valence-electron chi connectivity index (χ1n) is 40.1. The summed E-state index contributed by atoms with van der Waals surface area (Å²) >= 11 is 0. The molecule has 14 aromatic rings. The molecular formula is C76H56N4OPtSi-2. The van der Waals surface area contributed by atoms with Gasteiger partial charge in [-0.05, 0) is 107 Å². The molecule has 0 aliphatic carbocycles. The van der Waals surface area contributed by atoms with Crippen molar-refractivity contribution >= 4 is 61.7 Å². The van der Waals surface area contributed by atoms with Crippen LogP contribution in [0, 0.1) is 18.5 Å². The molecule has 83 heavy (non-hydrogen) atoms. The molecule has 0 N–H and O–H groups in total. The first kappa shape index (κ1) is 29.5. The third-order valence-electron chi connectivity index (χ3n) is 14.0. The summed E-state index contributed by atoms with van der Waals surface area (Å²) in [5, 5.41) is -2.87. The Morgan fingerprint density at radius 2 is 1.06 bits per heavy atom. The van der Waals surface area contributed by atoms with E-state index in [1.54, 1.807) is 54.7 Å². The molecule has 3 heterocycles. The van der Waals surface area contributed by atoms with E-state index in [9.17, 15) is 19.2 Å². The summed E-state index contributed by atoms with van der Waals surface area (Å²) in [6.45, 7) is 6.31. The molecule has 14 rings (SSSR count). The molecular weight excluding hydrogens is 1210 g/mol. The van der Waals surface area contributed by atoms with Gasteiger partial charge in [-0.2, -0.15) is 18.2 Å². The molecule has 3 aromatic heterocycles. The summed E-state index contributed by atoms with van der Waals surface area (Å²) in [7, 11) is -6.52. The Morgan fingerprint density at radius 3 is 1.69 bits per heavy atom. The molecule has 0 amide bonds. The Kier molecular flexibility index (Phi) is 7.86. The summed E-state index contributed by atoms with van der Waals surface area (Å²) < 4.78 is 285. The maximum atomic E-state index is 10.8. The van der Waals surface area contributed by atoms with Gasteiger partial charge in [-0.3, -0.25) is 4.57 Å². The van der Waals surface area contributed by atoms with Crippen LogP contribution in [0.5, 0.6) is 11.5 Å². The molecule has 0 aliphatic heterocycles. The molecule has 7 heteroatoms. The summed E-state index contributed by atoms with van der Waals surface area (Å²) in [6.07, 6.45) is 5.04. The summed E-state index contributed by atoms with van der Waals surface area (Å²) in [4.78, 5) is 4.79. The number of pyridine rings is 1. The Labute approximate surface area is 541 Å². The summed E-state index contributed by atoms with van der Waals surface area (Å²) in [5.74, 6) is 1.04. The minimum atomic E-state index is -6.52. The monoisotopic (exact) mass is 1290 g/mol. The van der Waals surface area contributed by atoms with Crippen LogP contribution in [0.1, 0.15) is 66.1 Å². The number of hydrogen-bond acceptors (Lipinski definition) is 2. The van der Waals surface area contributed by atoms with Gasteiger partial charge >= 0.3 is 0 Å². The molecule has 0 bridgehead atoms. The number of aromatic nitrogens is 4. The third-order valence-corrected chi connectivity index (χ3v) is 18.0. The van der Waals surface area contributed by atoms with Gasteiger partial charge in [0.2, 0.25) is 0 Å². The van der Waals surface area contributed by atoms with Crippen LogP contribution < -0.4 is 30.1 Å². The average Bonchev–Trinajstić information content (AvgIpc) is 1.04. The normalized spacial score (nSPS) is 16.6. The fourth-order valence-electron chi connectivity index (χ4n) is 10.2. The minimum absolute atomic E-state index is 0. The van der Waals surface area contributed by atoms with Crippen LogP contribution >= 0.6 is 0 Å². The van der Waals surface area contributed by atoms with Gasteiger partial charge in [0.25, 0.3) is 6.33 Å². The van der Waals surface area contributed by atoms with Crippen LogP contribution in [-0.2, 0) is 26.5 Å². The number of fused-ring (bicyclic) bond motifs is 4. The van der Waals surface area contributed by atoms with E-state index >= 15 is 0 Å². The van der Waals surface area contributed by atoms with E-state index in [0.29, 0.717) is 11.3 Å². The zero-order chi connectivity index (χ0) is 80.4. The van der Waals surface area contributed by atoms with Crippen LogP contribution in [0.25, 0.3) is 83.4 Å². The van der Waals surface area contributed by atoms with E-state index < -0.39 is 237 Å². The van der Waals surface area contributed by atoms with Crippen molar-refractivity contribution in [2.24, 2.45) is 0 Å². The fourth-order valence-corrected chi connectivity index (χ4v) is 13.8. The summed E-state index contributed by atoms with van der Waals surface area (Å²) in [6, 6.07) is 3.07. The van der Waals surface area contributed by atoms with E-state index in [4.69, 9.17) is 30.3 Å². The molecule has 0 spiro atoms. The second-order valence-electron chi connectivity index (χ2n) is 19.8. The topological polar surface area (TPSA) is 35.9 Å². The van der Waals surface area contributed by atoms with Crippen molar-refractivity contribution in [3.63, 3.8) is 0 Å². The second-order valence-corrected chi connectivity index (χ2v) is 23.3. The SMILES string of the molecule is [2H]c1c([2H])c([2H])c(-c2cc(-c3c([2H])c([2H])c([2H])c([Si](c4c([2H])c([2H])c([2H])c([2H])c4[2H])(c4c([2H])c([2H])c([2H])c([2H])c4[2H])c4c([2H])c([2H])c([2H])c([2H])c4[2H])c3[2H])cc(-c3c([2H])c([2H])c([2H])c([2H])c3[2H])c2-[n+]2[c-]n(-c3[c-]c(Oc4[c-]c5c(cc4)c4ccccc4n5-c4cc(C(C)(C)C)ccn4)ccc3)c3ccccc32)c([2H])c1[2H].[Pt]. The van der Waals surface area contributed by atoms with Crippen molar-refractivity contribution in [1.82, 2.24) is 14.1 Å². The second kappa shape index (κ2) is 22.1. The smallest absolute Gasteiger partial charge is 0.268 e. The van der Waals surface area contributed by atoms with Crippen molar-refractivity contribution in [2.75, 3.05) is 0 Å². The standard InChI is InChI=1S/C76H56N4OSi.Pt/c1-76(2,3)58-45-46-77-74(50-58)80-70-40-20-19-39-66(70)67-44-43-61(52-73(67)80)81-60-31-24-30-59(51-60)78-53-79(72-42-22-21-41-71(72)78)75-68(54-25-9-4-10-26-54)48-57(49-69(75)55-27-11-5-12-28-55)56-29-23-38-65(47-56)82(62-32-13-6-14-33-62,63-34-15-7-16-35-63)64-36-17-8-18-37-64;/h4-50H,1-3H3;/q-2;/i4D,5D,6D,7D,8D,9D,10D,11D,12D,13D,14D,15D,16D,17D,18D,23D,25D,26D,27D,28D,29D,32D,33D,34D,35D,36D,37D,38D,47D;. The van der Waals surface area contributed by atoms with Crippen molar-refractivity contribution in [2.45, 2.75) is 26.2 Å². The van der Waals surface area contributed by atoms with Gasteiger partial charge in [-0.25, -0.2) is 4.98 Å². The molecule has 0 fully saturated rings. The largest absolute Gasteiger partial charge is 0.510 e. The van der Waals surface area contributed by atoms with Gasteiger partial charge in [-0.15, -0.1) is 29.7 Å². The Bertz CT molecular complexity index is 6050. The fraction of sp³-hybridized carbons (Fsp3) is 0.0526. The van der Waals surface area contributed by atoms with Crippen LogP contribution in [0.4, 0.5) is 0 Å². The van der Waals surface area contributed by atoms with E-state index in [1.807, 2.05) is 47.0 Å². The minimum Gasteiger partial charge on any atom is -0.510 e. The Morgan fingerprint density at radius 1 is 0.506 bits per heavy atom. The van der Waals surface area contributed by atoms with E-state index in [-0.39, 0.29) is 60.4 Å².